The third-order valence-corrected chi connectivity index (χ3v) is 3.73. The number of rotatable bonds is 4. The Hall–Kier alpha value is -1.00. The second-order valence-corrected chi connectivity index (χ2v) is 5.53. The number of hydrogen-bond donors (Lipinski definition) is 1. The molecule has 0 saturated carbocycles. The molecule has 0 radical (unpaired) electrons. The molecule has 18 heavy (non-hydrogen) atoms. The number of amides is 1. The fourth-order valence-corrected chi connectivity index (χ4v) is 2.54. The van der Waals surface area contributed by atoms with Gasteiger partial charge >= 0.3 is 0 Å². The van der Waals surface area contributed by atoms with E-state index in [0.29, 0.717) is 12.3 Å². The predicted molar refractivity (Wildman–Crippen MR) is 78.1 cm³/mol. The maximum absolute atomic E-state index is 11.9. The van der Waals surface area contributed by atoms with Gasteiger partial charge in [-0.05, 0) is 43.5 Å². The minimum absolute atomic E-state index is 0.217. The molecule has 0 spiro atoms. The van der Waals surface area contributed by atoms with E-state index in [4.69, 9.17) is 0 Å². The molecule has 0 bridgehead atoms. The van der Waals surface area contributed by atoms with Crippen LogP contribution < -0.4 is 4.90 Å². The lowest BCUT2D eigenvalue weighted by molar-refractivity contribution is -0.117. The van der Waals surface area contributed by atoms with E-state index in [1.54, 1.807) is 0 Å². The molecule has 1 atom stereocenters. The zero-order valence-electron chi connectivity index (χ0n) is 11.0. The molecule has 1 aromatic carbocycles. The van der Waals surface area contributed by atoms with Gasteiger partial charge in [0.15, 0.2) is 0 Å². The molecule has 0 N–H and O–H groups in total. The minimum atomic E-state index is 0.217. The molecule has 1 unspecified atom stereocenters. The van der Waals surface area contributed by atoms with Gasteiger partial charge in [0.25, 0.3) is 0 Å². The Balaban J connectivity index is 2.08. The standard InChI is InChI=1S/C14H20N2OS/c1-15(2)8-11-3-5-13(6-4-11)16-9-12(10-18)7-14(16)17/h3-6,12,18H,7-10H2,1-2H3. The number of nitrogens with zero attached hydrogens (tertiary/aromatic N) is 2. The molecule has 1 heterocycles. The zero-order chi connectivity index (χ0) is 13.1. The summed E-state index contributed by atoms with van der Waals surface area (Å²) in [4.78, 5) is 15.9. The van der Waals surface area contributed by atoms with E-state index < -0.39 is 0 Å². The number of carbonyl (C=O) groups is 1. The Morgan fingerprint density at radius 3 is 2.50 bits per heavy atom. The number of benzene rings is 1. The van der Waals surface area contributed by atoms with E-state index in [9.17, 15) is 4.79 Å². The molecular formula is C14H20N2OS. The topological polar surface area (TPSA) is 23.6 Å². The van der Waals surface area contributed by atoms with Gasteiger partial charge in [-0.15, -0.1) is 0 Å². The van der Waals surface area contributed by atoms with Crippen LogP contribution in [0, 0.1) is 5.92 Å². The maximum Gasteiger partial charge on any atom is 0.227 e. The predicted octanol–water partition coefficient (Wildman–Crippen LogP) is 2.03. The summed E-state index contributed by atoms with van der Waals surface area (Å²) in [5.74, 6) is 1.39. The molecule has 1 amide bonds. The van der Waals surface area contributed by atoms with Gasteiger partial charge in [-0.2, -0.15) is 12.6 Å². The van der Waals surface area contributed by atoms with Crippen molar-refractivity contribution in [2.24, 2.45) is 5.92 Å². The summed E-state index contributed by atoms with van der Waals surface area (Å²) >= 11 is 4.28. The largest absolute Gasteiger partial charge is 0.312 e. The highest BCUT2D eigenvalue weighted by atomic mass is 32.1. The van der Waals surface area contributed by atoms with Gasteiger partial charge in [0, 0.05) is 25.2 Å². The first-order chi connectivity index (χ1) is 8.60. The maximum atomic E-state index is 11.9. The molecule has 2 rings (SSSR count). The van der Waals surface area contributed by atoms with E-state index in [2.05, 4.69) is 43.8 Å². The second kappa shape index (κ2) is 5.76. The quantitative estimate of drug-likeness (QED) is 0.841. The first-order valence-electron chi connectivity index (χ1n) is 6.25. The van der Waals surface area contributed by atoms with Crippen molar-refractivity contribution in [1.29, 1.82) is 0 Å². The summed E-state index contributed by atoms with van der Waals surface area (Å²) in [6.07, 6.45) is 0.628. The first kappa shape index (κ1) is 13.4. The highest BCUT2D eigenvalue weighted by molar-refractivity contribution is 7.80. The monoisotopic (exact) mass is 264 g/mol. The molecular weight excluding hydrogens is 244 g/mol. The van der Waals surface area contributed by atoms with Crippen molar-refractivity contribution >= 4 is 24.2 Å². The van der Waals surface area contributed by atoms with Crippen LogP contribution in [0.3, 0.4) is 0 Å². The zero-order valence-corrected chi connectivity index (χ0v) is 11.9. The van der Waals surface area contributed by atoms with Crippen LogP contribution in [0.4, 0.5) is 5.69 Å². The number of anilines is 1. The van der Waals surface area contributed by atoms with Gasteiger partial charge in [-0.1, -0.05) is 12.1 Å². The lowest BCUT2D eigenvalue weighted by Crippen LogP contribution is -2.24. The molecule has 98 valence electrons. The Labute approximate surface area is 114 Å². The molecule has 4 heteroatoms. The van der Waals surface area contributed by atoms with Crippen molar-refractivity contribution in [2.75, 3.05) is 31.3 Å². The van der Waals surface area contributed by atoms with Crippen molar-refractivity contribution in [3.8, 4) is 0 Å². The van der Waals surface area contributed by atoms with Gasteiger partial charge in [0.1, 0.15) is 0 Å². The number of hydrogen-bond acceptors (Lipinski definition) is 3. The minimum Gasteiger partial charge on any atom is -0.312 e. The van der Waals surface area contributed by atoms with E-state index in [0.717, 1.165) is 24.5 Å². The van der Waals surface area contributed by atoms with Crippen LogP contribution in [0.2, 0.25) is 0 Å². The van der Waals surface area contributed by atoms with E-state index >= 15 is 0 Å². The Morgan fingerprint density at radius 2 is 2.00 bits per heavy atom. The highest BCUT2D eigenvalue weighted by Crippen LogP contribution is 2.25. The molecule has 1 aliphatic heterocycles. The Kier molecular flexibility index (Phi) is 4.30. The number of thiol groups is 1. The highest BCUT2D eigenvalue weighted by Gasteiger charge is 2.29. The van der Waals surface area contributed by atoms with Crippen molar-refractivity contribution in [3.05, 3.63) is 29.8 Å². The summed E-state index contributed by atoms with van der Waals surface area (Å²) in [6, 6.07) is 8.27. The summed E-state index contributed by atoms with van der Waals surface area (Å²) < 4.78 is 0. The summed E-state index contributed by atoms with van der Waals surface area (Å²) in [7, 11) is 4.10. The lowest BCUT2D eigenvalue weighted by Gasteiger charge is -2.17. The van der Waals surface area contributed by atoms with Crippen LogP contribution >= 0.6 is 12.6 Å². The van der Waals surface area contributed by atoms with Crippen molar-refractivity contribution in [3.63, 3.8) is 0 Å². The molecule has 0 aliphatic carbocycles. The van der Waals surface area contributed by atoms with Crippen molar-refractivity contribution < 1.29 is 4.79 Å². The third kappa shape index (κ3) is 3.06. The van der Waals surface area contributed by atoms with Gasteiger partial charge < -0.3 is 9.80 Å². The van der Waals surface area contributed by atoms with Crippen LogP contribution in [0.15, 0.2) is 24.3 Å². The smallest absolute Gasteiger partial charge is 0.227 e. The SMILES string of the molecule is CN(C)Cc1ccc(N2CC(CS)CC2=O)cc1. The van der Waals surface area contributed by atoms with Crippen LogP contribution in [0.25, 0.3) is 0 Å². The van der Waals surface area contributed by atoms with Crippen molar-refractivity contribution in [2.45, 2.75) is 13.0 Å². The summed E-state index contributed by atoms with van der Waals surface area (Å²) in [5, 5.41) is 0. The third-order valence-electron chi connectivity index (χ3n) is 3.21. The first-order valence-corrected chi connectivity index (χ1v) is 6.88. The Morgan fingerprint density at radius 1 is 1.33 bits per heavy atom. The fourth-order valence-electron chi connectivity index (χ4n) is 2.30. The van der Waals surface area contributed by atoms with Gasteiger partial charge in [-0.25, -0.2) is 0 Å². The van der Waals surface area contributed by atoms with Crippen LogP contribution in [0.5, 0.6) is 0 Å². The van der Waals surface area contributed by atoms with Crippen LogP contribution in [0.1, 0.15) is 12.0 Å². The number of carbonyl (C=O) groups excluding carboxylic acids is 1. The molecule has 1 saturated heterocycles. The van der Waals surface area contributed by atoms with Crippen LogP contribution in [-0.2, 0) is 11.3 Å². The van der Waals surface area contributed by atoms with E-state index in [1.165, 1.54) is 5.56 Å². The van der Waals surface area contributed by atoms with Gasteiger partial charge in [0.05, 0.1) is 0 Å². The molecule has 0 aromatic heterocycles. The van der Waals surface area contributed by atoms with E-state index in [1.807, 2.05) is 17.0 Å². The molecule has 3 nitrogen and oxygen atoms in total. The molecule has 1 aliphatic rings. The van der Waals surface area contributed by atoms with Gasteiger partial charge in [0.2, 0.25) is 5.91 Å². The second-order valence-electron chi connectivity index (χ2n) is 5.16. The fraction of sp³-hybridized carbons (Fsp3) is 0.500. The van der Waals surface area contributed by atoms with Crippen molar-refractivity contribution in [1.82, 2.24) is 4.90 Å². The molecule has 1 aromatic rings. The average Bonchev–Trinajstić information content (AvgIpc) is 2.71. The summed E-state index contributed by atoms with van der Waals surface area (Å²) in [6.45, 7) is 1.73. The average molecular weight is 264 g/mol. The van der Waals surface area contributed by atoms with E-state index in [-0.39, 0.29) is 5.91 Å². The van der Waals surface area contributed by atoms with Crippen LogP contribution in [-0.4, -0.2) is 37.2 Å². The summed E-state index contributed by atoms with van der Waals surface area (Å²) in [5.41, 5.74) is 2.27. The Bertz CT molecular complexity index is 416. The van der Waals surface area contributed by atoms with Gasteiger partial charge in [-0.3, -0.25) is 4.79 Å². The lowest BCUT2D eigenvalue weighted by atomic mass is 10.1. The normalized spacial score (nSPS) is 19.9. The molecule has 1 fully saturated rings.